The van der Waals surface area contributed by atoms with Gasteiger partial charge in [-0.1, -0.05) is 57.5 Å². The van der Waals surface area contributed by atoms with E-state index >= 15 is 0 Å². The number of hydrogen-bond acceptors (Lipinski definition) is 0. The van der Waals surface area contributed by atoms with Gasteiger partial charge in [-0.3, -0.25) is 0 Å². The van der Waals surface area contributed by atoms with Crippen molar-refractivity contribution < 1.29 is 19.4 Å². The molecule has 0 atom stereocenters. The highest BCUT2D eigenvalue weighted by molar-refractivity contribution is 8.45. The monoisotopic (exact) mass is 366 g/mol. The maximum atomic E-state index is 12.6. The molecule has 0 heterocycles. The Kier molecular flexibility index (Phi) is 4.98. The fourth-order valence-electron chi connectivity index (χ4n) is 3.07. The third-order valence-corrected chi connectivity index (χ3v) is 5.70. The number of halogens is 5. The van der Waals surface area contributed by atoms with Crippen molar-refractivity contribution in [1.29, 1.82) is 0 Å². The summed E-state index contributed by atoms with van der Waals surface area (Å²) in [5.41, 5.74) is 0.341. The van der Waals surface area contributed by atoms with Crippen LogP contribution in [0, 0.1) is 23.7 Å². The second kappa shape index (κ2) is 6.25. The van der Waals surface area contributed by atoms with Crippen LogP contribution < -0.4 is 0 Å². The molecule has 0 bridgehead atoms. The lowest BCUT2D eigenvalue weighted by molar-refractivity contribution is 0.296. The zero-order valence-corrected chi connectivity index (χ0v) is 14.5. The minimum Gasteiger partial charge on any atom is -0.0945 e. The first kappa shape index (κ1) is 19.1. The molecule has 0 unspecified atom stereocenters. The molecule has 1 aromatic rings. The lowest BCUT2D eigenvalue weighted by atomic mass is 9.80. The van der Waals surface area contributed by atoms with Gasteiger partial charge < -0.3 is 0 Å². The SMILES string of the molecule is CCCCC1CCC(C#Cc2ccc(S(F)(F)(F)(F)F)cc2)CC1. The van der Waals surface area contributed by atoms with Crippen molar-refractivity contribution in [3.05, 3.63) is 29.8 Å². The van der Waals surface area contributed by atoms with Crippen LogP contribution in [0.3, 0.4) is 0 Å². The van der Waals surface area contributed by atoms with Crippen LogP contribution in [0.1, 0.15) is 57.4 Å². The molecule has 0 aromatic heterocycles. The van der Waals surface area contributed by atoms with Gasteiger partial charge in [-0.05, 0) is 55.9 Å². The predicted octanol–water partition coefficient (Wildman–Crippen LogP) is 7.69. The molecule has 6 heteroatoms. The molecule has 0 aliphatic heterocycles. The molecule has 0 spiro atoms. The number of benzene rings is 1. The summed E-state index contributed by atoms with van der Waals surface area (Å²) in [6.45, 7) is 2.18. The highest BCUT2D eigenvalue weighted by Crippen LogP contribution is 3.02. The van der Waals surface area contributed by atoms with E-state index < -0.39 is 15.1 Å². The van der Waals surface area contributed by atoms with Gasteiger partial charge >= 0.3 is 10.2 Å². The summed E-state index contributed by atoms with van der Waals surface area (Å²) in [6, 6.07) is 2.89. The van der Waals surface area contributed by atoms with Gasteiger partial charge in [-0.15, -0.1) is 0 Å². The van der Waals surface area contributed by atoms with Crippen molar-refractivity contribution in [2.75, 3.05) is 0 Å². The average Bonchev–Trinajstić information content (AvgIpc) is 2.50. The van der Waals surface area contributed by atoms with Gasteiger partial charge in [0.25, 0.3) is 0 Å². The number of rotatable bonds is 4. The van der Waals surface area contributed by atoms with Gasteiger partial charge in [0.15, 0.2) is 0 Å². The summed E-state index contributed by atoms with van der Waals surface area (Å²) in [7, 11) is -9.58. The van der Waals surface area contributed by atoms with E-state index in [1.165, 1.54) is 19.3 Å². The van der Waals surface area contributed by atoms with Crippen LogP contribution in [0.5, 0.6) is 0 Å². The summed E-state index contributed by atoms with van der Waals surface area (Å²) in [6.07, 6.45) is 8.00. The van der Waals surface area contributed by atoms with Gasteiger partial charge in [-0.25, -0.2) is 0 Å². The fourth-order valence-corrected chi connectivity index (χ4v) is 3.72. The molecule has 1 aromatic carbocycles. The van der Waals surface area contributed by atoms with Crippen LogP contribution in [-0.2, 0) is 0 Å². The van der Waals surface area contributed by atoms with Crippen molar-refractivity contribution in [2.45, 2.75) is 56.8 Å². The van der Waals surface area contributed by atoms with E-state index in [0.29, 0.717) is 17.7 Å². The number of hydrogen-bond donors (Lipinski definition) is 0. The maximum Gasteiger partial charge on any atom is 0.310 e. The van der Waals surface area contributed by atoms with E-state index in [-0.39, 0.29) is 5.92 Å². The first-order valence-electron chi connectivity index (χ1n) is 8.33. The second-order valence-electron chi connectivity index (χ2n) is 6.62. The zero-order chi connectivity index (χ0) is 17.9. The number of unbranched alkanes of at least 4 members (excludes halogenated alkanes) is 1. The third kappa shape index (κ3) is 5.70. The third-order valence-electron chi connectivity index (χ3n) is 4.53. The lowest BCUT2D eigenvalue weighted by Crippen LogP contribution is -2.13. The molecule has 2 rings (SSSR count). The molecule has 0 amide bonds. The van der Waals surface area contributed by atoms with Crippen molar-refractivity contribution in [3.63, 3.8) is 0 Å². The Balaban J connectivity index is 1.96. The maximum absolute atomic E-state index is 12.6. The fraction of sp³-hybridized carbons (Fsp3) is 0.556. The first-order chi connectivity index (χ1) is 11.0. The molecule has 0 saturated heterocycles. The molecule has 0 radical (unpaired) electrons. The van der Waals surface area contributed by atoms with Crippen LogP contribution in [0.25, 0.3) is 0 Å². The Bertz CT molecular complexity index is 613. The molecular weight excluding hydrogens is 343 g/mol. The average molecular weight is 366 g/mol. The molecule has 0 N–H and O–H groups in total. The molecule has 1 fully saturated rings. The van der Waals surface area contributed by atoms with Crippen LogP contribution in [0.4, 0.5) is 19.4 Å². The van der Waals surface area contributed by atoms with Crippen LogP contribution in [-0.4, -0.2) is 0 Å². The summed E-state index contributed by atoms with van der Waals surface area (Å²) in [5, 5.41) is 0. The molecule has 1 aliphatic carbocycles. The van der Waals surface area contributed by atoms with Crippen molar-refractivity contribution in [3.8, 4) is 11.8 Å². The Hall–Kier alpha value is -1.22. The van der Waals surface area contributed by atoms with Gasteiger partial charge in [0.2, 0.25) is 0 Å². The van der Waals surface area contributed by atoms with Crippen molar-refractivity contribution in [2.24, 2.45) is 11.8 Å². The molecular formula is C18H23F5S. The van der Waals surface area contributed by atoms with Crippen LogP contribution >= 0.6 is 10.2 Å². The lowest BCUT2D eigenvalue weighted by Gasteiger charge is -2.40. The van der Waals surface area contributed by atoms with Gasteiger partial charge in [0.1, 0.15) is 4.90 Å². The van der Waals surface area contributed by atoms with Crippen molar-refractivity contribution in [1.82, 2.24) is 0 Å². The summed E-state index contributed by atoms with van der Waals surface area (Å²) in [4.78, 5) is -1.86. The summed E-state index contributed by atoms with van der Waals surface area (Å²) < 4.78 is 63.2. The van der Waals surface area contributed by atoms with E-state index in [4.69, 9.17) is 0 Å². The Morgan fingerprint density at radius 3 is 2.04 bits per heavy atom. The van der Waals surface area contributed by atoms with Gasteiger partial charge in [-0.2, -0.15) is 0 Å². The Morgan fingerprint density at radius 2 is 1.54 bits per heavy atom. The summed E-state index contributed by atoms with van der Waals surface area (Å²) in [5.74, 6) is 6.92. The largest absolute Gasteiger partial charge is 0.310 e. The van der Waals surface area contributed by atoms with E-state index in [9.17, 15) is 19.4 Å². The molecule has 136 valence electrons. The molecule has 0 nitrogen and oxygen atoms in total. The Labute approximate surface area is 140 Å². The normalized spacial score (nSPS) is 24.4. The minimum absolute atomic E-state index is 0.248. The highest BCUT2D eigenvalue weighted by atomic mass is 32.5. The standard InChI is InChI=1S/C18H23F5S/c1-2-3-4-15-5-7-16(8-6-15)9-10-17-11-13-18(14-12-17)24(19,20,21,22)23/h11-16H,2-8H2,1H3. The molecule has 1 aliphatic rings. The highest BCUT2D eigenvalue weighted by Gasteiger charge is 2.65. The zero-order valence-electron chi connectivity index (χ0n) is 13.7. The smallest absolute Gasteiger partial charge is 0.0945 e. The topological polar surface area (TPSA) is 0 Å². The van der Waals surface area contributed by atoms with E-state index in [2.05, 4.69) is 18.8 Å². The van der Waals surface area contributed by atoms with Gasteiger partial charge in [0, 0.05) is 11.5 Å². The Morgan fingerprint density at radius 1 is 0.958 bits per heavy atom. The summed E-state index contributed by atoms with van der Waals surface area (Å²) >= 11 is 0. The van der Waals surface area contributed by atoms with Crippen LogP contribution in [0.2, 0.25) is 0 Å². The van der Waals surface area contributed by atoms with E-state index in [1.54, 1.807) is 0 Å². The van der Waals surface area contributed by atoms with Gasteiger partial charge in [0.05, 0.1) is 0 Å². The molecule has 24 heavy (non-hydrogen) atoms. The van der Waals surface area contributed by atoms with Crippen LogP contribution in [0.15, 0.2) is 29.2 Å². The predicted molar refractivity (Wildman–Crippen MR) is 89.7 cm³/mol. The first-order valence-corrected chi connectivity index (χ1v) is 10.3. The van der Waals surface area contributed by atoms with E-state index in [0.717, 1.165) is 43.7 Å². The van der Waals surface area contributed by atoms with Crippen molar-refractivity contribution >= 4 is 10.2 Å². The quantitative estimate of drug-likeness (QED) is 0.378. The van der Waals surface area contributed by atoms with E-state index in [1.807, 2.05) is 0 Å². The molecule has 1 saturated carbocycles. The second-order valence-corrected chi connectivity index (χ2v) is 9.03. The minimum atomic E-state index is -9.58.